The summed E-state index contributed by atoms with van der Waals surface area (Å²) in [6.45, 7) is 1.08. The summed E-state index contributed by atoms with van der Waals surface area (Å²) in [7, 11) is 0. The topological polar surface area (TPSA) is 76.2 Å². The van der Waals surface area contributed by atoms with Crippen molar-refractivity contribution in [3.63, 3.8) is 0 Å². The average molecular weight is 355 g/mol. The fourth-order valence-electron chi connectivity index (χ4n) is 2.58. The normalized spacial score (nSPS) is 13.0. The molecule has 4 rings (SSSR count). The number of fused-ring (bicyclic) bond motifs is 2. The molecule has 0 saturated carbocycles. The molecule has 1 aliphatic heterocycles. The Morgan fingerprint density at radius 1 is 1.16 bits per heavy atom. The lowest BCUT2D eigenvalue weighted by Crippen LogP contribution is -2.16. The summed E-state index contributed by atoms with van der Waals surface area (Å²) in [6.07, 6.45) is 0.399. The van der Waals surface area contributed by atoms with Crippen molar-refractivity contribution < 1.29 is 14.3 Å². The molecule has 25 heavy (non-hydrogen) atoms. The van der Waals surface area contributed by atoms with Crippen molar-refractivity contribution in [2.75, 3.05) is 24.3 Å². The lowest BCUT2D eigenvalue weighted by Gasteiger charge is -2.19. The quantitative estimate of drug-likeness (QED) is 0.686. The molecule has 0 spiro atoms. The molecule has 1 aliphatic rings. The number of para-hydroxylation sites is 2. The summed E-state index contributed by atoms with van der Waals surface area (Å²) in [5, 5.41) is 3.71. The molecule has 1 amide bonds. The summed E-state index contributed by atoms with van der Waals surface area (Å²) < 4.78 is 11.0. The number of amides is 1. The minimum atomic E-state index is -0.0414. The third-order valence-electron chi connectivity index (χ3n) is 3.76. The van der Waals surface area contributed by atoms with E-state index in [4.69, 9.17) is 9.47 Å². The van der Waals surface area contributed by atoms with Gasteiger partial charge in [0.25, 0.3) is 0 Å². The molecule has 0 saturated heterocycles. The van der Waals surface area contributed by atoms with Crippen LogP contribution in [0.4, 0.5) is 5.69 Å². The number of carbonyl (C=O) groups is 1. The highest BCUT2D eigenvalue weighted by molar-refractivity contribution is 7.99. The van der Waals surface area contributed by atoms with Crippen LogP contribution in [0.5, 0.6) is 11.5 Å². The van der Waals surface area contributed by atoms with E-state index in [1.165, 1.54) is 11.8 Å². The van der Waals surface area contributed by atoms with Crippen LogP contribution in [-0.4, -0.2) is 34.8 Å². The van der Waals surface area contributed by atoms with Gasteiger partial charge in [0.1, 0.15) is 13.2 Å². The van der Waals surface area contributed by atoms with Crippen molar-refractivity contribution in [3.05, 3.63) is 42.5 Å². The number of aromatic amines is 1. The number of hydrogen-bond acceptors (Lipinski definition) is 5. The molecule has 0 radical (unpaired) electrons. The monoisotopic (exact) mass is 355 g/mol. The van der Waals surface area contributed by atoms with Crippen molar-refractivity contribution in [3.8, 4) is 11.5 Å². The van der Waals surface area contributed by atoms with Gasteiger partial charge in [0.15, 0.2) is 16.7 Å². The standard InChI is InChI=1S/C18H17N3O3S/c22-17(19-12-5-6-15-16(11-12)24-9-8-23-15)7-10-25-18-20-13-3-1-2-4-14(13)21-18/h1-6,11H,7-10H2,(H,19,22)(H,20,21). The van der Waals surface area contributed by atoms with Crippen LogP contribution in [0.25, 0.3) is 11.0 Å². The van der Waals surface area contributed by atoms with Crippen molar-refractivity contribution >= 4 is 34.4 Å². The van der Waals surface area contributed by atoms with E-state index < -0.39 is 0 Å². The fraction of sp³-hybridized carbons (Fsp3) is 0.222. The number of imidazole rings is 1. The first-order valence-corrected chi connectivity index (χ1v) is 9.03. The Labute approximate surface area is 148 Å². The van der Waals surface area contributed by atoms with E-state index in [0.717, 1.165) is 16.2 Å². The summed E-state index contributed by atoms with van der Waals surface area (Å²) >= 11 is 1.54. The van der Waals surface area contributed by atoms with Crippen LogP contribution >= 0.6 is 11.8 Å². The van der Waals surface area contributed by atoms with Crippen molar-refractivity contribution in [1.82, 2.24) is 9.97 Å². The number of aromatic nitrogens is 2. The average Bonchev–Trinajstić information content (AvgIpc) is 3.04. The van der Waals surface area contributed by atoms with E-state index in [1.54, 1.807) is 6.07 Å². The Bertz CT molecular complexity index is 876. The highest BCUT2D eigenvalue weighted by Crippen LogP contribution is 2.32. The van der Waals surface area contributed by atoms with E-state index in [9.17, 15) is 4.79 Å². The number of H-pyrrole nitrogens is 1. The number of benzene rings is 2. The molecule has 7 heteroatoms. The first kappa shape index (κ1) is 15.8. The number of anilines is 1. The number of carbonyl (C=O) groups excluding carboxylic acids is 1. The van der Waals surface area contributed by atoms with Crippen LogP contribution < -0.4 is 14.8 Å². The molecule has 6 nitrogen and oxygen atoms in total. The van der Waals surface area contributed by atoms with Crippen molar-refractivity contribution in [1.29, 1.82) is 0 Å². The van der Waals surface area contributed by atoms with Gasteiger partial charge < -0.3 is 19.8 Å². The zero-order valence-corrected chi connectivity index (χ0v) is 14.3. The number of ether oxygens (including phenoxy) is 2. The van der Waals surface area contributed by atoms with Crippen LogP contribution in [0.3, 0.4) is 0 Å². The van der Waals surface area contributed by atoms with Crippen LogP contribution in [-0.2, 0) is 4.79 Å². The van der Waals surface area contributed by atoms with Gasteiger partial charge in [-0.15, -0.1) is 0 Å². The first-order chi connectivity index (χ1) is 12.3. The Hall–Kier alpha value is -2.67. The lowest BCUT2D eigenvalue weighted by atomic mass is 10.2. The van der Waals surface area contributed by atoms with Gasteiger partial charge in [-0.05, 0) is 24.3 Å². The smallest absolute Gasteiger partial charge is 0.225 e. The second-order valence-electron chi connectivity index (χ2n) is 5.56. The molecule has 3 aromatic rings. The SMILES string of the molecule is O=C(CCSc1nc2ccccc2[nH]1)Nc1ccc2c(c1)OCCO2. The number of nitrogens with zero attached hydrogens (tertiary/aromatic N) is 1. The summed E-state index contributed by atoms with van der Waals surface area (Å²) in [6, 6.07) is 13.3. The Morgan fingerprint density at radius 3 is 2.88 bits per heavy atom. The van der Waals surface area contributed by atoms with E-state index in [2.05, 4.69) is 15.3 Å². The van der Waals surface area contributed by atoms with E-state index in [1.807, 2.05) is 36.4 Å². The third-order valence-corrected chi connectivity index (χ3v) is 4.64. The fourth-order valence-corrected chi connectivity index (χ4v) is 3.41. The first-order valence-electron chi connectivity index (χ1n) is 8.05. The van der Waals surface area contributed by atoms with Gasteiger partial charge in [0, 0.05) is 23.9 Å². The molecule has 0 atom stereocenters. The highest BCUT2D eigenvalue weighted by atomic mass is 32.2. The maximum Gasteiger partial charge on any atom is 0.225 e. The number of nitrogens with one attached hydrogen (secondary N) is 2. The molecule has 0 fully saturated rings. The largest absolute Gasteiger partial charge is 0.486 e. The highest BCUT2D eigenvalue weighted by Gasteiger charge is 2.13. The number of hydrogen-bond donors (Lipinski definition) is 2. The van der Waals surface area contributed by atoms with Gasteiger partial charge >= 0.3 is 0 Å². The predicted octanol–water partition coefficient (Wildman–Crippen LogP) is 3.46. The van der Waals surface area contributed by atoms with Crippen LogP contribution in [0.2, 0.25) is 0 Å². The molecule has 2 N–H and O–H groups in total. The Kier molecular flexibility index (Phi) is 4.47. The zero-order valence-electron chi connectivity index (χ0n) is 13.5. The molecule has 2 aromatic carbocycles. The summed E-state index contributed by atoms with van der Waals surface area (Å²) in [4.78, 5) is 19.8. The number of thioether (sulfide) groups is 1. The predicted molar refractivity (Wildman–Crippen MR) is 97.5 cm³/mol. The van der Waals surface area contributed by atoms with Gasteiger partial charge in [-0.3, -0.25) is 4.79 Å². The van der Waals surface area contributed by atoms with Gasteiger partial charge in [0.05, 0.1) is 11.0 Å². The van der Waals surface area contributed by atoms with Crippen LogP contribution in [0.1, 0.15) is 6.42 Å². The summed E-state index contributed by atoms with van der Waals surface area (Å²) in [5.74, 6) is 1.99. The molecule has 0 aliphatic carbocycles. The molecule has 1 aromatic heterocycles. The number of rotatable bonds is 5. The molecule has 128 valence electrons. The Morgan fingerprint density at radius 2 is 2.00 bits per heavy atom. The lowest BCUT2D eigenvalue weighted by molar-refractivity contribution is -0.115. The van der Waals surface area contributed by atoms with Crippen molar-refractivity contribution in [2.24, 2.45) is 0 Å². The van der Waals surface area contributed by atoms with Gasteiger partial charge in [-0.25, -0.2) is 4.98 Å². The maximum atomic E-state index is 12.1. The Balaban J connectivity index is 1.30. The summed E-state index contributed by atoms with van der Waals surface area (Å²) in [5.41, 5.74) is 2.65. The molecular weight excluding hydrogens is 338 g/mol. The third kappa shape index (κ3) is 3.71. The van der Waals surface area contributed by atoms with Crippen molar-refractivity contribution in [2.45, 2.75) is 11.6 Å². The minimum absolute atomic E-state index is 0.0414. The second-order valence-corrected chi connectivity index (χ2v) is 6.65. The van der Waals surface area contributed by atoms with E-state index in [0.29, 0.717) is 42.6 Å². The van der Waals surface area contributed by atoms with Gasteiger partial charge in [0.2, 0.25) is 5.91 Å². The molecule has 0 bridgehead atoms. The molecular formula is C18H17N3O3S. The van der Waals surface area contributed by atoms with Gasteiger partial charge in [-0.2, -0.15) is 0 Å². The maximum absolute atomic E-state index is 12.1. The van der Waals surface area contributed by atoms with Crippen LogP contribution in [0.15, 0.2) is 47.6 Å². The molecule has 0 unspecified atom stereocenters. The van der Waals surface area contributed by atoms with Gasteiger partial charge in [-0.1, -0.05) is 23.9 Å². The molecule has 2 heterocycles. The minimum Gasteiger partial charge on any atom is -0.486 e. The van der Waals surface area contributed by atoms with Crippen LogP contribution in [0, 0.1) is 0 Å². The zero-order chi connectivity index (χ0) is 17.1. The van der Waals surface area contributed by atoms with E-state index >= 15 is 0 Å². The second kappa shape index (κ2) is 7.06. The van der Waals surface area contributed by atoms with E-state index in [-0.39, 0.29) is 5.91 Å².